The van der Waals surface area contributed by atoms with Gasteiger partial charge in [-0.25, -0.2) is 0 Å². The molecule has 24 heavy (non-hydrogen) atoms. The van der Waals surface area contributed by atoms with Crippen LogP contribution in [0.2, 0.25) is 10.0 Å². The zero-order valence-corrected chi connectivity index (χ0v) is 14.7. The minimum absolute atomic E-state index is 0.0524. The van der Waals surface area contributed by atoms with Gasteiger partial charge in [0.15, 0.2) is 0 Å². The minimum atomic E-state index is -0.484. The molecule has 0 heterocycles. The molecule has 2 rings (SSSR count). The number of likely N-dealkylation sites (N-methyl/N-ethyl adjacent to an activating group) is 1. The molecule has 0 N–H and O–H groups in total. The average Bonchev–Trinajstić information content (AvgIpc) is 2.53. The summed E-state index contributed by atoms with van der Waals surface area (Å²) in [5.41, 5.74) is 1.09. The van der Waals surface area contributed by atoms with Crippen LogP contribution in [0, 0.1) is 10.1 Å². The van der Waals surface area contributed by atoms with E-state index in [2.05, 4.69) is 0 Å². The van der Waals surface area contributed by atoms with Crippen molar-refractivity contribution in [2.75, 3.05) is 7.05 Å². The molecule has 0 aromatic heterocycles. The van der Waals surface area contributed by atoms with E-state index < -0.39 is 4.92 Å². The monoisotopic (exact) mass is 366 g/mol. The normalized spacial score (nSPS) is 11.8. The lowest BCUT2D eigenvalue weighted by Gasteiger charge is -2.26. The predicted octanol–water partition coefficient (Wildman–Crippen LogP) is 4.66. The Kier molecular flexibility index (Phi) is 5.80. The Bertz CT molecular complexity index is 780. The number of nitrogens with zero attached hydrogens (tertiary/aromatic N) is 2. The van der Waals surface area contributed by atoms with Gasteiger partial charge in [0.1, 0.15) is 0 Å². The largest absolute Gasteiger partial charge is 0.339 e. The molecule has 126 valence electrons. The van der Waals surface area contributed by atoms with Crippen molar-refractivity contribution in [1.29, 1.82) is 0 Å². The molecule has 5 nitrogen and oxygen atoms in total. The van der Waals surface area contributed by atoms with E-state index in [9.17, 15) is 14.9 Å². The molecular formula is C17H16Cl2N2O3. The van der Waals surface area contributed by atoms with Crippen LogP contribution in [0.4, 0.5) is 5.69 Å². The van der Waals surface area contributed by atoms with Crippen LogP contribution in [0.3, 0.4) is 0 Å². The van der Waals surface area contributed by atoms with Gasteiger partial charge in [-0.1, -0.05) is 47.5 Å². The molecule has 0 saturated heterocycles. The van der Waals surface area contributed by atoms with Crippen molar-refractivity contribution in [2.24, 2.45) is 0 Å². The van der Waals surface area contributed by atoms with Crippen molar-refractivity contribution < 1.29 is 9.72 Å². The minimum Gasteiger partial charge on any atom is -0.339 e. The summed E-state index contributed by atoms with van der Waals surface area (Å²) in [6.45, 7) is 1.84. The van der Waals surface area contributed by atoms with E-state index in [0.29, 0.717) is 15.6 Å². The molecule has 2 aromatic carbocycles. The fourth-order valence-electron chi connectivity index (χ4n) is 2.39. The molecule has 0 spiro atoms. The molecule has 1 amide bonds. The van der Waals surface area contributed by atoms with Crippen molar-refractivity contribution in [3.8, 4) is 0 Å². The van der Waals surface area contributed by atoms with Crippen molar-refractivity contribution in [3.05, 3.63) is 73.8 Å². The number of para-hydroxylation sites is 1. The van der Waals surface area contributed by atoms with E-state index in [-0.39, 0.29) is 24.1 Å². The number of carbonyl (C=O) groups excluding carboxylic acids is 1. The molecule has 0 bridgehead atoms. The Labute approximate surface area is 149 Å². The third kappa shape index (κ3) is 4.04. The second kappa shape index (κ2) is 7.64. The highest BCUT2D eigenvalue weighted by Crippen LogP contribution is 2.29. The van der Waals surface area contributed by atoms with Gasteiger partial charge in [0.05, 0.1) is 17.4 Å². The second-order valence-corrected chi connectivity index (χ2v) is 6.25. The van der Waals surface area contributed by atoms with Gasteiger partial charge in [-0.3, -0.25) is 14.9 Å². The number of nitro groups is 1. The number of amides is 1. The first-order valence-electron chi connectivity index (χ1n) is 7.24. The zero-order valence-electron chi connectivity index (χ0n) is 13.2. The summed E-state index contributed by atoms with van der Waals surface area (Å²) in [5.74, 6) is -0.234. The summed E-state index contributed by atoms with van der Waals surface area (Å²) in [5, 5.41) is 12.0. The summed E-state index contributed by atoms with van der Waals surface area (Å²) >= 11 is 12.1. The molecular weight excluding hydrogens is 351 g/mol. The van der Waals surface area contributed by atoms with Gasteiger partial charge in [-0.2, -0.15) is 0 Å². The highest BCUT2D eigenvalue weighted by molar-refractivity contribution is 6.35. The van der Waals surface area contributed by atoms with E-state index in [1.54, 1.807) is 43.4 Å². The van der Waals surface area contributed by atoms with E-state index in [4.69, 9.17) is 23.2 Å². The van der Waals surface area contributed by atoms with Crippen LogP contribution in [0.5, 0.6) is 0 Å². The number of halogens is 2. The van der Waals surface area contributed by atoms with Gasteiger partial charge in [0.2, 0.25) is 5.91 Å². The maximum absolute atomic E-state index is 12.5. The second-order valence-electron chi connectivity index (χ2n) is 5.41. The molecule has 0 unspecified atom stereocenters. The maximum atomic E-state index is 12.5. The molecule has 0 saturated carbocycles. The van der Waals surface area contributed by atoms with E-state index in [0.717, 1.165) is 5.56 Å². The third-order valence-corrected chi connectivity index (χ3v) is 4.48. The van der Waals surface area contributed by atoms with Gasteiger partial charge in [-0.15, -0.1) is 0 Å². The van der Waals surface area contributed by atoms with E-state index in [1.165, 1.54) is 11.0 Å². The Morgan fingerprint density at radius 2 is 1.92 bits per heavy atom. The van der Waals surface area contributed by atoms with Gasteiger partial charge in [0.25, 0.3) is 5.69 Å². The van der Waals surface area contributed by atoms with E-state index >= 15 is 0 Å². The Balaban J connectivity index is 2.19. The molecule has 0 aliphatic carbocycles. The van der Waals surface area contributed by atoms with E-state index in [1.807, 2.05) is 6.92 Å². The first kappa shape index (κ1) is 18.2. The van der Waals surface area contributed by atoms with Crippen molar-refractivity contribution >= 4 is 34.8 Å². The zero-order chi connectivity index (χ0) is 17.9. The number of nitro benzene ring substituents is 1. The lowest BCUT2D eigenvalue weighted by molar-refractivity contribution is -0.385. The number of carbonyl (C=O) groups is 1. The van der Waals surface area contributed by atoms with Gasteiger partial charge < -0.3 is 4.90 Å². The summed E-state index contributed by atoms with van der Waals surface area (Å²) in [6, 6.07) is 11.0. The average molecular weight is 367 g/mol. The molecule has 2 aromatic rings. The first-order valence-corrected chi connectivity index (χ1v) is 7.99. The van der Waals surface area contributed by atoms with Crippen molar-refractivity contribution in [2.45, 2.75) is 19.4 Å². The molecule has 0 aliphatic heterocycles. The molecule has 0 fully saturated rings. The lowest BCUT2D eigenvalue weighted by Crippen LogP contribution is -2.31. The maximum Gasteiger partial charge on any atom is 0.273 e. The van der Waals surface area contributed by atoms with Crippen molar-refractivity contribution in [3.63, 3.8) is 0 Å². The molecule has 0 radical (unpaired) electrons. The number of hydrogen-bond acceptors (Lipinski definition) is 3. The number of benzene rings is 2. The fraction of sp³-hybridized carbons (Fsp3) is 0.235. The van der Waals surface area contributed by atoms with Gasteiger partial charge in [-0.05, 0) is 24.6 Å². The topological polar surface area (TPSA) is 63.5 Å². The van der Waals surface area contributed by atoms with Crippen LogP contribution in [-0.4, -0.2) is 22.8 Å². The summed E-state index contributed by atoms with van der Waals surface area (Å²) in [6.07, 6.45) is -0.0524. The smallest absolute Gasteiger partial charge is 0.273 e. The summed E-state index contributed by atoms with van der Waals surface area (Å²) in [4.78, 5) is 24.6. The first-order chi connectivity index (χ1) is 11.3. The summed E-state index contributed by atoms with van der Waals surface area (Å²) < 4.78 is 0. The number of rotatable bonds is 5. The van der Waals surface area contributed by atoms with Crippen LogP contribution in [0.15, 0.2) is 42.5 Å². The highest BCUT2D eigenvalue weighted by atomic mass is 35.5. The number of hydrogen-bond donors (Lipinski definition) is 0. The fourth-order valence-corrected chi connectivity index (χ4v) is 2.96. The Hall–Kier alpha value is -2.11. The predicted molar refractivity (Wildman–Crippen MR) is 94.4 cm³/mol. The van der Waals surface area contributed by atoms with Crippen LogP contribution in [0.1, 0.15) is 24.1 Å². The van der Waals surface area contributed by atoms with Crippen LogP contribution in [-0.2, 0) is 11.2 Å². The van der Waals surface area contributed by atoms with Crippen LogP contribution >= 0.6 is 23.2 Å². The van der Waals surface area contributed by atoms with Crippen molar-refractivity contribution in [1.82, 2.24) is 4.90 Å². The van der Waals surface area contributed by atoms with Gasteiger partial charge >= 0.3 is 0 Å². The van der Waals surface area contributed by atoms with Crippen LogP contribution in [0.25, 0.3) is 0 Å². The molecule has 1 atom stereocenters. The SMILES string of the molecule is C[C@H](c1ccc(Cl)cc1Cl)N(C)C(=O)Cc1ccccc1[N+](=O)[O-]. The Morgan fingerprint density at radius 1 is 1.25 bits per heavy atom. The van der Waals surface area contributed by atoms with Gasteiger partial charge in [0, 0.05) is 28.7 Å². The lowest BCUT2D eigenvalue weighted by atomic mass is 10.1. The van der Waals surface area contributed by atoms with Crippen LogP contribution < -0.4 is 0 Å². The summed E-state index contributed by atoms with van der Waals surface area (Å²) in [7, 11) is 1.65. The molecule has 0 aliphatic rings. The highest BCUT2D eigenvalue weighted by Gasteiger charge is 2.22. The third-order valence-electron chi connectivity index (χ3n) is 3.92. The molecule has 7 heteroatoms. The standard InChI is InChI=1S/C17H16Cl2N2O3/c1-11(14-8-7-13(18)10-15(14)19)20(2)17(22)9-12-5-3-4-6-16(12)21(23)24/h3-8,10-11H,9H2,1-2H3/t11-/m1/s1. The Morgan fingerprint density at radius 3 is 2.54 bits per heavy atom. The quantitative estimate of drug-likeness (QED) is 0.570.